The third kappa shape index (κ3) is 2.81. The molecule has 2 atom stereocenters. The zero-order chi connectivity index (χ0) is 18.3. The molecule has 3 saturated heterocycles. The molecule has 0 N–H and O–H groups in total. The Morgan fingerprint density at radius 3 is 2.81 bits per heavy atom. The average molecular weight is 351 g/mol. The van der Waals surface area contributed by atoms with Gasteiger partial charge in [0.25, 0.3) is 0 Å². The monoisotopic (exact) mass is 351 g/mol. The molecular formula is C19H21N5O2. The molecule has 5 rings (SSSR count). The largest absolute Gasteiger partial charge is 0.361 e. The summed E-state index contributed by atoms with van der Waals surface area (Å²) in [4.78, 5) is 21.6. The summed E-state index contributed by atoms with van der Waals surface area (Å²) in [6, 6.07) is 5.88. The van der Waals surface area contributed by atoms with Crippen LogP contribution in [-0.2, 0) is 11.3 Å². The van der Waals surface area contributed by atoms with Gasteiger partial charge in [-0.05, 0) is 38.8 Å². The minimum atomic E-state index is -0.0216. The standard InChI is InChI=1S/C19H21N5O2/c1-12-17(13(2)26-22-12)11-24-16-5-4-15(19(24)25)9-23(10-16)18-6-3-14(7-20)8-21-18/h3,6,8,15-16H,4-5,9-11H2,1-2H3/t15-,16+/m0/s1. The van der Waals surface area contributed by atoms with Crippen LogP contribution >= 0.6 is 0 Å². The van der Waals surface area contributed by atoms with Gasteiger partial charge >= 0.3 is 0 Å². The van der Waals surface area contributed by atoms with E-state index in [1.165, 1.54) is 0 Å². The van der Waals surface area contributed by atoms with Crippen LogP contribution in [0.25, 0.3) is 0 Å². The molecule has 0 spiro atoms. The molecule has 5 heterocycles. The summed E-state index contributed by atoms with van der Waals surface area (Å²) in [5, 5.41) is 13.0. The number of rotatable bonds is 3. The molecule has 2 aromatic heterocycles. The Hall–Kier alpha value is -2.88. The number of nitrogens with zero attached hydrogens (tertiary/aromatic N) is 5. The second kappa shape index (κ2) is 6.45. The van der Waals surface area contributed by atoms with Crippen LogP contribution in [0.3, 0.4) is 0 Å². The summed E-state index contributed by atoms with van der Waals surface area (Å²) in [5.41, 5.74) is 2.40. The van der Waals surface area contributed by atoms with E-state index in [1.54, 1.807) is 12.3 Å². The van der Waals surface area contributed by atoms with E-state index in [1.807, 2.05) is 24.8 Å². The zero-order valence-corrected chi connectivity index (χ0v) is 15.0. The van der Waals surface area contributed by atoms with E-state index in [2.05, 4.69) is 21.1 Å². The van der Waals surface area contributed by atoms with Gasteiger partial charge in [0.15, 0.2) is 0 Å². The highest BCUT2D eigenvalue weighted by molar-refractivity contribution is 5.81. The maximum atomic E-state index is 13.0. The highest BCUT2D eigenvalue weighted by atomic mass is 16.5. The number of aryl methyl sites for hydroxylation is 2. The topological polar surface area (TPSA) is 86.3 Å². The van der Waals surface area contributed by atoms with E-state index in [-0.39, 0.29) is 17.9 Å². The third-order valence-electron chi connectivity index (χ3n) is 5.50. The van der Waals surface area contributed by atoms with Crippen molar-refractivity contribution in [3.63, 3.8) is 0 Å². The lowest BCUT2D eigenvalue weighted by molar-refractivity contribution is -0.140. The number of carbonyl (C=O) groups excluding carboxylic acids is 1. The lowest BCUT2D eigenvalue weighted by Crippen LogP contribution is -2.47. The number of hydrogen-bond acceptors (Lipinski definition) is 6. The fraction of sp³-hybridized carbons (Fsp3) is 0.474. The van der Waals surface area contributed by atoms with Gasteiger partial charge in [-0.25, -0.2) is 4.98 Å². The highest BCUT2D eigenvalue weighted by Crippen LogP contribution is 2.33. The molecule has 0 saturated carbocycles. The SMILES string of the molecule is Cc1noc(C)c1CN1C(=O)[C@H]2CC[C@@H]1CN(c1ccc(C#N)cn1)C2. The molecule has 3 fully saturated rings. The lowest BCUT2D eigenvalue weighted by atomic mass is 9.93. The molecule has 0 unspecified atom stereocenters. The van der Waals surface area contributed by atoms with Gasteiger partial charge in [-0.1, -0.05) is 5.16 Å². The molecule has 134 valence electrons. The fourth-order valence-corrected chi connectivity index (χ4v) is 3.97. The first-order chi connectivity index (χ1) is 12.6. The second-order valence-corrected chi connectivity index (χ2v) is 7.12. The number of anilines is 1. The van der Waals surface area contributed by atoms with E-state index in [4.69, 9.17) is 9.78 Å². The number of nitriles is 1. The smallest absolute Gasteiger partial charge is 0.228 e. The Kier molecular flexibility index (Phi) is 4.11. The maximum Gasteiger partial charge on any atom is 0.228 e. The Balaban J connectivity index is 1.59. The van der Waals surface area contributed by atoms with E-state index in [0.29, 0.717) is 18.7 Å². The van der Waals surface area contributed by atoms with Crippen LogP contribution in [0.1, 0.15) is 35.4 Å². The number of aromatic nitrogens is 2. The first-order valence-corrected chi connectivity index (χ1v) is 8.90. The molecular weight excluding hydrogens is 330 g/mol. The van der Waals surface area contributed by atoms with E-state index < -0.39 is 0 Å². The summed E-state index contributed by atoms with van der Waals surface area (Å²) in [7, 11) is 0. The van der Waals surface area contributed by atoms with E-state index >= 15 is 0 Å². The Bertz CT molecular complexity index is 848. The van der Waals surface area contributed by atoms with Crippen LogP contribution in [0, 0.1) is 31.1 Å². The van der Waals surface area contributed by atoms with Gasteiger partial charge in [-0.2, -0.15) is 5.26 Å². The van der Waals surface area contributed by atoms with Crippen LogP contribution in [0.15, 0.2) is 22.9 Å². The fourth-order valence-electron chi connectivity index (χ4n) is 3.97. The van der Waals surface area contributed by atoms with Crippen molar-refractivity contribution in [2.24, 2.45) is 5.92 Å². The van der Waals surface area contributed by atoms with Crippen molar-refractivity contribution in [2.45, 2.75) is 39.3 Å². The molecule has 3 aliphatic heterocycles. The molecule has 26 heavy (non-hydrogen) atoms. The van der Waals surface area contributed by atoms with Crippen LogP contribution < -0.4 is 4.90 Å². The maximum absolute atomic E-state index is 13.0. The molecule has 3 aliphatic rings. The summed E-state index contributed by atoms with van der Waals surface area (Å²) in [5.74, 6) is 1.79. The normalized spacial score (nSPS) is 22.4. The molecule has 0 aromatic carbocycles. The average Bonchev–Trinajstić information content (AvgIpc) is 2.82. The molecule has 2 bridgehead atoms. The number of fused-ring (bicyclic) bond motifs is 4. The summed E-state index contributed by atoms with van der Waals surface area (Å²) in [6.45, 7) is 5.79. The molecule has 7 nitrogen and oxygen atoms in total. The number of carbonyl (C=O) groups is 1. The third-order valence-corrected chi connectivity index (χ3v) is 5.50. The first-order valence-electron chi connectivity index (χ1n) is 8.90. The Morgan fingerprint density at radius 1 is 1.31 bits per heavy atom. The highest BCUT2D eigenvalue weighted by Gasteiger charge is 2.41. The molecule has 2 aromatic rings. The van der Waals surface area contributed by atoms with Crippen molar-refractivity contribution in [1.29, 1.82) is 5.26 Å². The second-order valence-electron chi connectivity index (χ2n) is 7.12. The summed E-state index contributed by atoms with van der Waals surface area (Å²) >= 11 is 0. The van der Waals surface area contributed by atoms with Crippen molar-refractivity contribution in [2.75, 3.05) is 18.0 Å². The summed E-state index contributed by atoms with van der Waals surface area (Å²) in [6.07, 6.45) is 3.49. The van der Waals surface area contributed by atoms with Gasteiger partial charge in [0.2, 0.25) is 5.91 Å². The van der Waals surface area contributed by atoms with Gasteiger partial charge in [-0.3, -0.25) is 4.79 Å². The zero-order valence-electron chi connectivity index (χ0n) is 15.0. The van der Waals surface area contributed by atoms with Gasteiger partial charge in [0, 0.05) is 30.9 Å². The van der Waals surface area contributed by atoms with Gasteiger partial charge in [0.1, 0.15) is 17.6 Å². The minimum Gasteiger partial charge on any atom is -0.361 e. The molecule has 7 heteroatoms. The van der Waals surface area contributed by atoms with Crippen molar-refractivity contribution in [3.8, 4) is 6.07 Å². The van der Waals surface area contributed by atoms with Crippen molar-refractivity contribution in [1.82, 2.24) is 15.0 Å². The van der Waals surface area contributed by atoms with E-state index in [9.17, 15) is 4.79 Å². The first kappa shape index (κ1) is 16.6. The molecule has 1 amide bonds. The van der Waals surface area contributed by atoms with Gasteiger partial charge < -0.3 is 14.3 Å². The number of pyridine rings is 1. The molecule has 0 aliphatic carbocycles. The summed E-state index contributed by atoms with van der Waals surface area (Å²) < 4.78 is 5.26. The number of amides is 1. The number of hydrogen-bond donors (Lipinski definition) is 0. The Labute approximate surface area is 152 Å². The quantitative estimate of drug-likeness (QED) is 0.842. The Morgan fingerprint density at radius 2 is 2.15 bits per heavy atom. The van der Waals surface area contributed by atoms with Crippen molar-refractivity contribution in [3.05, 3.63) is 40.9 Å². The predicted molar refractivity (Wildman–Crippen MR) is 94.2 cm³/mol. The minimum absolute atomic E-state index is 0.0216. The van der Waals surface area contributed by atoms with Crippen molar-refractivity contribution < 1.29 is 9.32 Å². The van der Waals surface area contributed by atoms with Crippen LogP contribution in [0.5, 0.6) is 0 Å². The van der Waals surface area contributed by atoms with Crippen LogP contribution in [0.2, 0.25) is 0 Å². The van der Waals surface area contributed by atoms with E-state index in [0.717, 1.165) is 42.2 Å². The number of piperidine rings is 1. The predicted octanol–water partition coefficient (Wildman–Crippen LogP) is 2.19. The molecule has 0 radical (unpaired) electrons. The van der Waals surface area contributed by atoms with Crippen molar-refractivity contribution >= 4 is 11.7 Å². The van der Waals surface area contributed by atoms with Crippen LogP contribution in [-0.4, -0.2) is 40.1 Å². The van der Waals surface area contributed by atoms with Crippen LogP contribution in [0.4, 0.5) is 5.82 Å². The van der Waals surface area contributed by atoms with Gasteiger partial charge in [-0.15, -0.1) is 0 Å². The van der Waals surface area contributed by atoms with Gasteiger partial charge in [0.05, 0.1) is 23.7 Å². The lowest BCUT2D eigenvalue weighted by Gasteiger charge is -2.35.